The van der Waals surface area contributed by atoms with Gasteiger partial charge >= 0.3 is 0 Å². The van der Waals surface area contributed by atoms with Gasteiger partial charge in [-0.2, -0.15) is 5.10 Å². The summed E-state index contributed by atoms with van der Waals surface area (Å²) in [6.45, 7) is 1.56. The summed E-state index contributed by atoms with van der Waals surface area (Å²) in [5.74, 6) is 0.358. The number of ether oxygens (including phenoxy) is 2. The molecule has 4 rings (SSSR count). The molecular weight excluding hydrogens is 415 g/mol. The molecule has 0 fully saturated rings. The summed E-state index contributed by atoms with van der Waals surface area (Å²) in [4.78, 5) is 27.2. The lowest BCUT2D eigenvalue weighted by molar-refractivity contribution is 0.0682. The number of benzene rings is 2. The van der Waals surface area contributed by atoms with Crippen LogP contribution in [0.25, 0.3) is 0 Å². The number of amides is 2. The van der Waals surface area contributed by atoms with Gasteiger partial charge in [0, 0.05) is 31.8 Å². The van der Waals surface area contributed by atoms with Crippen molar-refractivity contribution in [1.82, 2.24) is 20.0 Å². The summed E-state index contributed by atoms with van der Waals surface area (Å²) in [5.41, 5.74) is 2.16. The van der Waals surface area contributed by atoms with Gasteiger partial charge in [-0.05, 0) is 35.4 Å². The maximum Gasteiger partial charge on any atom is 0.272 e. The van der Waals surface area contributed by atoms with E-state index < -0.39 is 5.91 Å². The smallest absolute Gasteiger partial charge is 0.272 e. The molecule has 1 N–H and O–H groups in total. The van der Waals surface area contributed by atoms with E-state index in [0.29, 0.717) is 36.8 Å². The third-order valence-electron chi connectivity index (χ3n) is 5.25. The molecule has 1 aromatic heterocycles. The fourth-order valence-corrected chi connectivity index (χ4v) is 3.55. The van der Waals surface area contributed by atoms with E-state index in [0.717, 1.165) is 11.1 Å². The predicted octanol–water partition coefficient (Wildman–Crippen LogP) is 2.63. The number of rotatable bonds is 7. The Morgan fingerprint density at radius 2 is 1.72 bits per heavy atom. The Bertz CT molecular complexity index is 1120. The van der Waals surface area contributed by atoms with Crippen molar-refractivity contribution in [1.29, 1.82) is 0 Å². The van der Waals surface area contributed by atoms with Crippen LogP contribution in [0.2, 0.25) is 0 Å². The second-order valence-electron chi connectivity index (χ2n) is 7.39. The van der Waals surface area contributed by atoms with E-state index in [1.165, 1.54) is 18.2 Å². The van der Waals surface area contributed by atoms with Crippen LogP contribution in [-0.4, -0.2) is 47.3 Å². The van der Waals surface area contributed by atoms with Crippen molar-refractivity contribution in [2.24, 2.45) is 0 Å². The number of nitrogens with zero attached hydrogens (tertiary/aromatic N) is 3. The summed E-state index contributed by atoms with van der Waals surface area (Å²) in [6.07, 6.45) is 0. The van der Waals surface area contributed by atoms with E-state index in [1.807, 2.05) is 12.1 Å². The largest absolute Gasteiger partial charge is 0.497 e. The van der Waals surface area contributed by atoms with Crippen molar-refractivity contribution in [2.75, 3.05) is 20.8 Å². The Balaban J connectivity index is 1.44. The Morgan fingerprint density at radius 3 is 2.38 bits per heavy atom. The Morgan fingerprint density at radius 1 is 1.03 bits per heavy atom. The van der Waals surface area contributed by atoms with Gasteiger partial charge in [0.25, 0.3) is 11.8 Å². The summed E-state index contributed by atoms with van der Waals surface area (Å²) in [7, 11) is 3.15. The molecule has 32 heavy (non-hydrogen) atoms. The average molecular weight is 438 g/mol. The van der Waals surface area contributed by atoms with Gasteiger partial charge in [-0.3, -0.25) is 14.3 Å². The molecule has 0 bridgehead atoms. The summed E-state index contributed by atoms with van der Waals surface area (Å²) < 4.78 is 25.2. The molecule has 2 amide bonds. The van der Waals surface area contributed by atoms with Crippen molar-refractivity contribution in [3.05, 3.63) is 76.9 Å². The van der Waals surface area contributed by atoms with Gasteiger partial charge in [0.05, 0.1) is 20.8 Å². The quantitative estimate of drug-likeness (QED) is 0.613. The fraction of sp³-hybridized carbons (Fsp3) is 0.261. The Kier molecular flexibility index (Phi) is 6.07. The van der Waals surface area contributed by atoms with Crippen molar-refractivity contribution in [2.45, 2.75) is 19.6 Å². The zero-order valence-corrected chi connectivity index (χ0v) is 17.8. The third kappa shape index (κ3) is 4.56. The first-order valence-corrected chi connectivity index (χ1v) is 10.1. The number of methoxy groups -OCH3 is 2. The summed E-state index contributed by atoms with van der Waals surface area (Å²) in [5, 5.41) is 7.03. The molecule has 0 aliphatic carbocycles. The molecule has 3 aromatic rings. The molecule has 0 unspecified atom stereocenters. The molecule has 166 valence electrons. The van der Waals surface area contributed by atoms with Crippen LogP contribution in [0.15, 0.2) is 48.5 Å². The normalized spacial score (nSPS) is 13.0. The highest BCUT2D eigenvalue weighted by Gasteiger charge is 2.28. The van der Waals surface area contributed by atoms with Crippen molar-refractivity contribution >= 4 is 11.8 Å². The van der Waals surface area contributed by atoms with Gasteiger partial charge in [0.2, 0.25) is 0 Å². The first-order valence-electron chi connectivity index (χ1n) is 10.1. The molecule has 8 nitrogen and oxygen atoms in total. The third-order valence-corrected chi connectivity index (χ3v) is 5.25. The van der Waals surface area contributed by atoms with Crippen LogP contribution in [0.4, 0.5) is 4.39 Å². The first kappa shape index (κ1) is 21.4. The van der Waals surface area contributed by atoms with Crippen LogP contribution in [-0.2, 0) is 19.6 Å². The summed E-state index contributed by atoms with van der Waals surface area (Å²) in [6, 6.07) is 12.9. The summed E-state index contributed by atoms with van der Waals surface area (Å²) >= 11 is 0. The number of hydrogen-bond donors (Lipinski definition) is 1. The molecule has 9 heteroatoms. The maximum atomic E-state index is 13.0. The second kappa shape index (κ2) is 9.09. The van der Waals surface area contributed by atoms with Gasteiger partial charge in [0.15, 0.2) is 5.69 Å². The number of carbonyl (C=O) groups excluding carboxylic acids is 2. The molecular formula is C23H23FN4O4. The molecule has 0 atom stereocenters. The minimum atomic E-state index is -0.395. The molecule has 2 heterocycles. The van der Waals surface area contributed by atoms with Gasteiger partial charge < -0.3 is 19.7 Å². The minimum Gasteiger partial charge on any atom is -0.497 e. The monoisotopic (exact) mass is 438 g/mol. The molecule has 0 spiro atoms. The number of aromatic nitrogens is 2. The Hall–Kier alpha value is -3.88. The number of carbonyl (C=O) groups is 2. The van der Waals surface area contributed by atoms with Crippen molar-refractivity contribution in [3.8, 4) is 11.5 Å². The maximum absolute atomic E-state index is 13.0. The van der Waals surface area contributed by atoms with Crippen LogP contribution in [0.1, 0.15) is 32.1 Å². The average Bonchev–Trinajstić information content (AvgIpc) is 3.25. The lowest BCUT2D eigenvalue weighted by Gasteiger charge is -2.27. The van der Waals surface area contributed by atoms with E-state index in [-0.39, 0.29) is 24.0 Å². The van der Waals surface area contributed by atoms with E-state index in [1.54, 1.807) is 42.0 Å². The topological polar surface area (TPSA) is 85.7 Å². The molecule has 1 aliphatic rings. The van der Waals surface area contributed by atoms with Crippen molar-refractivity contribution in [3.63, 3.8) is 0 Å². The number of nitrogens with one attached hydrogen (secondary N) is 1. The standard InChI is InChI=1S/C23H23FN4O4/c1-31-18-9-16(10-19(11-18)32-2)14-27-7-8-28-21(23(27)30)12-20(26-28)22(29)25-13-15-3-5-17(24)6-4-15/h3-6,9-12H,7-8,13-14H2,1-2H3,(H,25,29). The zero-order valence-electron chi connectivity index (χ0n) is 17.8. The first-order chi connectivity index (χ1) is 15.5. The zero-order chi connectivity index (χ0) is 22.7. The van der Waals surface area contributed by atoms with E-state index in [9.17, 15) is 14.0 Å². The minimum absolute atomic E-state index is 0.167. The highest BCUT2D eigenvalue weighted by molar-refractivity contribution is 5.98. The lowest BCUT2D eigenvalue weighted by Crippen LogP contribution is -2.39. The second-order valence-corrected chi connectivity index (χ2v) is 7.39. The van der Waals surface area contributed by atoms with Crippen molar-refractivity contribution < 1.29 is 23.5 Å². The predicted molar refractivity (Wildman–Crippen MR) is 114 cm³/mol. The van der Waals surface area contributed by atoms with Gasteiger partial charge in [0.1, 0.15) is 23.0 Å². The lowest BCUT2D eigenvalue weighted by atomic mass is 10.1. The SMILES string of the molecule is COc1cc(CN2CCn3nc(C(=O)NCc4ccc(F)cc4)cc3C2=O)cc(OC)c1. The van der Waals surface area contributed by atoms with Crippen LogP contribution < -0.4 is 14.8 Å². The fourth-order valence-electron chi connectivity index (χ4n) is 3.55. The van der Waals surface area contributed by atoms with E-state index >= 15 is 0 Å². The molecule has 2 aromatic carbocycles. The van der Waals surface area contributed by atoms with Gasteiger partial charge in [-0.1, -0.05) is 12.1 Å². The molecule has 0 saturated carbocycles. The van der Waals surface area contributed by atoms with E-state index in [2.05, 4.69) is 10.4 Å². The molecule has 1 aliphatic heterocycles. The highest BCUT2D eigenvalue weighted by atomic mass is 19.1. The van der Waals surface area contributed by atoms with Crippen LogP contribution in [0.5, 0.6) is 11.5 Å². The number of hydrogen-bond acceptors (Lipinski definition) is 5. The number of halogens is 1. The van der Waals surface area contributed by atoms with Crippen LogP contribution in [0.3, 0.4) is 0 Å². The van der Waals surface area contributed by atoms with Gasteiger partial charge in [-0.25, -0.2) is 4.39 Å². The van der Waals surface area contributed by atoms with Crippen LogP contribution >= 0.6 is 0 Å². The van der Waals surface area contributed by atoms with Gasteiger partial charge in [-0.15, -0.1) is 0 Å². The number of fused-ring (bicyclic) bond motifs is 1. The molecule has 0 radical (unpaired) electrons. The molecule has 0 saturated heterocycles. The highest BCUT2D eigenvalue weighted by Crippen LogP contribution is 2.25. The Labute approximate surface area is 184 Å². The van der Waals surface area contributed by atoms with E-state index in [4.69, 9.17) is 9.47 Å². The van der Waals surface area contributed by atoms with Crippen LogP contribution in [0, 0.1) is 5.82 Å².